The first-order valence-corrected chi connectivity index (χ1v) is 12.3. The van der Waals surface area contributed by atoms with Gasteiger partial charge in [0.2, 0.25) is 0 Å². The normalized spacial score (nSPS) is 10.3. The van der Waals surface area contributed by atoms with Gasteiger partial charge in [-0.1, -0.05) is 50.2 Å². The second-order valence-electron chi connectivity index (χ2n) is 8.27. The molecule has 0 heterocycles. The molecule has 40 heavy (non-hydrogen) atoms. The highest BCUT2D eigenvalue weighted by Crippen LogP contribution is 2.47. The van der Waals surface area contributed by atoms with Crippen molar-refractivity contribution in [3.05, 3.63) is 71.8 Å². The molecule has 0 bridgehead atoms. The van der Waals surface area contributed by atoms with Gasteiger partial charge < -0.3 is 19.7 Å². The van der Waals surface area contributed by atoms with E-state index in [9.17, 15) is 29.4 Å². The highest BCUT2D eigenvalue weighted by atomic mass is 16.5. The topological polar surface area (TPSA) is 158 Å². The fraction of sp³-hybridized carbons (Fsp3) is 0.214. The molecule has 0 atom stereocenters. The van der Waals surface area contributed by atoms with Gasteiger partial charge in [-0.3, -0.25) is 20.4 Å². The van der Waals surface area contributed by atoms with E-state index >= 15 is 0 Å². The Kier molecular flexibility index (Phi) is 9.52. The number of hydrazine groups is 2. The van der Waals surface area contributed by atoms with E-state index in [4.69, 9.17) is 9.47 Å². The number of aliphatic carboxylic acids is 2. The number of carboxylic acids is 2. The zero-order chi connectivity index (χ0) is 29.4. The first-order chi connectivity index (χ1) is 19.2. The number of rotatable bonds is 10. The Bertz CT molecular complexity index is 1300. The molecule has 0 spiro atoms. The van der Waals surface area contributed by atoms with Crippen LogP contribution in [0.3, 0.4) is 0 Å². The molecule has 3 rings (SSSR count). The molecule has 0 aromatic heterocycles. The molecular formula is C28H30N4O8. The quantitative estimate of drug-likeness (QED) is 0.217. The van der Waals surface area contributed by atoms with Crippen molar-refractivity contribution in [2.45, 2.75) is 26.7 Å². The SMILES string of the molecule is CCc1c(NN(C(=O)C(=O)O)c2ccccc2)c(OC)c(CC)c(OC)c1NN(C(=O)C(=O)O)c1ccccc1. The number of benzene rings is 3. The number of anilines is 4. The Morgan fingerprint density at radius 1 is 0.650 bits per heavy atom. The molecule has 0 saturated heterocycles. The molecule has 12 heteroatoms. The second kappa shape index (κ2) is 13.0. The van der Waals surface area contributed by atoms with Crippen LogP contribution in [0.1, 0.15) is 25.0 Å². The monoisotopic (exact) mass is 550 g/mol. The summed E-state index contributed by atoms with van der Waals surface area (Å²) in [5.74, 6) is -5.36. The number of hydrogen-bond donors (Lipinski definition) is 4. The Morgan fingerprint density at radius 2 is 1.00 bits per heavy atom. The fourth-order valence-electron chi connectivity index (χ4n) is 4.20. The van der Waals surface area contributed by atoms with Crippen LogP contribution in [-0.2, 0) is 32.0 Å². The summed E-state index contributed by atoms with van der Waals surface area (Å²) in [6, 6.07) is 16.2. The Labute approximate surface area is 230 Å². The lowest BCUT2D eigenvalue weighted by Crippen LogP contribution is -2.42. The summed E-state index contributed by atoms with van der Waals surface area (Å²) in [5, 5.41) is 20.8. The predicted molar refractivity (Wildman–Crippen MR) is 149 cm³/mol. The van der Waals surface area contributed by atoms with Gasteiger partial charge in [0.05, 0.1) is 25.6 Å². The number of para-hydroxylation sites is 2. The van der Waals surface area contributed by atoms with Gasteiger partial charge >= 0.3 is 23.8 Å². The van der Waals surface area contributed by atoms with Crippen LogP contribution in [0.25, 0.3) is 0 Å². The third kappa shape index (κ3) is 5.90. The predicted octanol–water partition coefficient (Wildman–Crippen LogP) is 3.72. The van der Waals surface area contributed by atoms with Crippen molar-refractivity contribution in [1.29, 1.82) is 0 Å². The number of carbonyl (C=O) groups excluding carboxylic acids is 2. The number of nitrogens with one attached hydrogen (secondary N) is 2. The molecule has 2 amide bonds. The maximum Gasteiger partial charge on any atom is 0.396 e. The number of carboxylic acid groups (broad SMARTS) is 2. The number of methoxy groups -OCH3 is 2. The smallest absolute Gasteiger partial charge is 0.396 e. The molecule has 4 N–H and O–H groups in total. The van der Waals surface area contributed by atoms with Crippen LogP contribution in [0, 0.1) is 0 Å². The van der Waals surface area contributed by atoms with E-state index in [1.807, 2.05) is 6.92 Å². The number of hydrogen-bond acceptors (Lipinski definition) is 8. The third-order valence-electron chi connectivity index (χ3n) is 5.97. The van der Waals surface area contributed by atoms with Crippen molar-refractivity contribution in [2.75, 3.05) is 35.1 Å². The van der Waals surface area contributed by atoms with E-state index in [2.05, 4.69) is 10.9 Å². The fourth-order valence-corrected chi connectivity index (χ4v) is 4.20. The van der Waals surface area contributed by atoms with E-state index in [1.54, 1.807) is 67.6 Å². The van der Waals surface area contributed by atoms with Crippen LogP contribution in [0.4, 0.5) is 22.7 Å². The average Bonchev–Trinajstić information content (AvgIpc) is 2.97. The average molecular weight is 551 g/mol. The first kappa shape index (κ1) is 29.3. The minimum atomic E-state index is -1.70. The molecule has 12 nitrogen and oxygen atoms in total. The second-order valence-corrected chi connectivity index (χ2v) is 8.27. The highest BCUT2D eigenvalue weighted by molar-refractivity contribution is 6.38. The Hall–Kier alpha value is -5.26. The number of nitrogens with zero attached hydrogens (tertiary/aromatic N) is 2. The van der Waals surface area contributed by atoms with Gasteiger partial charge in [0, 0.05) is 11.1 Å². The van der Waals surface area contributed by atoms with Crippen LogP contribution >= 0.6 is 0 Å². The van der Waals surface area contributed by atoms with Crippen molar-refractivity contribution in [3.63, 3.8) is 0 Å². The Balaban J connectivity index is 2.32. The van der Waals surface area contributed by atoms with Crippen molar-refractivity contribution in [1.82, 2.24) is 0 Å². The molecule has 0 aliphatic heterocycles. The van der Waals surface area contributed by atoms with E-state index in [-0.39, 0.29) is 40.7 Å². The van der Waals surface area contributed by atoms with Gasteiger partial charge in [0.15, 0.2) is 11.5 Å². The van der Waals surface area contributed by atoms with Crippen LogP contribution in [0.15, 0.2) is 60.7 Å². The van der Waals surface area contributed by atoms with Crippen molar-refractivity contribution >= 4 is 46.5 Å². The van der Waals surface area contributed by atoms with Gasteiger partial charge in [-0.2, -0.15) is 0 Å². The van der Waals surface area contributed by atoms with Gasteiger partial charge in [0.25, 0.3) is 0 Å². The summed E-state index contributed by atoms with van der Waals surface area (Å²) in [5.41, 5.74) is 7.69. The van der Waals surface area contributed by atoms with Gasteiger partial charge in [-0.05, 0) is 37.1 Å². The zero-order valence-corrected chi connectivity index (χ0v) is 22.4. The summed E-state index contributed by atoms with van der Waals surface area (Å²) in [6.45, 7) is 3.61. The number of carbonyl (C=O) groups is 4. The molecule has 3 aromatic rings. The van der Waals surface area contributed by atoms with Crippen LogP contribution < -0.4 is 30.3 Å². The van der Waals surface area contributed by atoms with Gasteiger partial charge in [0.1, 0.15) is 11.4 Å². The minimum absolute atomic E-state index is 0.222. The lowest BCUT2D eigenvalue weighted by atomic mass is 9.99. The molecule has 0 fully saturated rings. The standard InChI is InChI=1S/C28H30N4O8/c1-5-19-21(29-31(25(33)27(35)36)17-13-9-7-10-14-17)23(39-3)20(6-2)24(40-4)22(19)30-32(26(34)28(37)38)18-15-11-8-12-16-18/h7-16,29-30H,5-6H2,1-4H3,(H,35,36)(H,37,38). The lowest BCUT2D eigenvalue weighted by molar-refractivity contribution is -0.148. The molecule has 0 aliphatic carbocycles. The maximum atomic E-state index is 12.8. The summed E-state index contributed by atoms with van der Waals surface area (Å²) in [4.78, 5) is 49.1. The van der Waals surface area contributed by atoms with E-state index in [0.717, 1.165) is 10.0 Å². The van der Waals surface area contributed by atoms with Crippen molar-refractivity contribution in [3.8, 4) is 11.5 Å². The lowest BCUT2D eigenvalue weighted by Gasteiger charge is -2.31. The summed E-state index contributed by atoms with van der Waals surface area (Å²) in [6.07, 6.45) is 0.616. The molecule has 0 aliphatic rings. The van der Waals surface area contributed by atoms with Crippen LogP contribution in [-0.4, -0.2) is 48.2 Å². The van der Waals surface area contributed by atoms with E-state index in [0.29, 0.717) is 17.5 Å². The van der Waals surface area contributed by atoms with Crippen molar-refractivity contribution < 1.29 is 38.9 Å². The summed E-state index contributed by atoms with van der Waals surface area (Å²) in [7, 11) is 2.84. The van der Waals surface area contributed by atoms with Gasteiger partial charge in [-0.25, -0.2) is 19.6 Å². The highest BCUT2D eigenvalue weighted by Gasteiger charge is 2.31. The van der Waals surface area contributed by atoms with E-state index < -0.39 is 23.8 Å². The molecule has 3 aromatic carbocycles. The van der Waals surface area contributed by atoms with Gasteiger partial charge in [-0.15, -0.1) is 0 Å². The number of amides is 2. The largest absolute Gasteiger partial charge is 0.494 e. The summed E-state index contributed by atoms with van der Waals surface area (Å²) >= 11 is 0. The molecule has 0 unspecified atom stereocenters. The molecule has 210 valence electrons. The zero-order valence-electron chi connectivity index (χ0n) is 22.4. The maximum absolute atomic E-state index is 12.8. The molecular weight excluding hydrogens is 520 g/mol. The summed E-state index contributed by atoms with van der Waals surface area (Å²) < 4.78 is 11.5. The van der Waals surface area contributed by atoms with Crippen molar-refractivity contribution in [2.24, 2.45) is 0 Å². The first-order valence-electron chi connectivity index (χ1n) is 12.3. The van der Waals surface area contributed by atoms with Crippen LogP contribution in [0.2, 0.25) is 0 Å². The molecule has 0 saturated carbocycles. The molecule has 0 radical (unpaired) electrons. The van der Waals surface area contributed by atoms with E-state index in [1.165, 1.54) is 14.2 Å². The van der Waals surface area contributed by atoms with Crippen LogP contribution in [0.5, 0.6) is 11.5 Å². The third-order valence-corrected chi connectivity index (χ3v) is 5.97. The Morgan fingerprint density at radius 3 is 1.27 bits per heavy atom. The minimum Gasteiger partial charge on any atom is -0.494 e. The number of ether oxygens (including phenoxy) is 2.